The Balaban J connectivity index is 0.000000621. The maximum atomic E-state index is 15.1. The van der Waals surface area contributed by atoms with Gasteiger partial charge in [0.05, 0.1) is 19.2 Å². The minimum absolute atomic E-state index is 0.0229. The number of H-pyrrole nitrogens is 1. The quantitative estimate of drug-likeness (QED) is 0.0518. The van der Waals surface area contributed by atoms with Crippen molar-refractivity contribution in [2.24, 2.45) is 46.4 Å². The number of hydrogen-bond donors (Lipinski definition) is 6. The molecule has 2 fully saturated rings. The van der Waals surface area contributed by atoms with Crippen molar-refractivity contribution < 1.29 is 62.6 Å². The van der Waals surface area contributed by atoms with Crippen LogP contribution in [0.5, 0.6) is 0 Å². The molecule has 30 nitrogen and oxygen atoms in total. The number of hydrogen-bond acceptors (Lipinski definition) is 17. The average molecular weight is 1630 g/mol. The molecule has 3 aliphatic rings. The van der Waals surface area contributed by atoms with Crippen molar-refractivity contribution in [3.05, 3.63) is 66.2 Å². The van der Waals surface area contributed by atoms with Gasteiger partial charge in [-0.05, 0) is 142 Å². The molecule has 0 unspecified atom stereocenters. The minimum atomic E-state index is -1.61. The fourth-order valence-electron chi connectivity index (χ4n) is 15.6. The zero-order valence-corrected chi connectivity index (χ0v) is 74.5. The Morgan fingerprint density at radius 1 is 0.538 bits per heavy atom. The first-order chi connectivity index (χ1) is 54.9. The topological polar surface area (TPSA) is 366 Å². The molecule has 1 saturated carbocycles. The van der Waals surface area contributed by atoms with Gasteiger partial charge in [-0.3, -0.25) is 67.4 Å². The molecule has 1 spiro atoms. The fourth-order valence-corrected chi connectivity index (χ4v) is 15.6. The number of aliphatic hydroxyl groups excluding tert-OH is 1. The Hall–Kier alpha value is -9.48. The number of amides is 12. The summed E-state index contributed by atoms with van der Waals surface area (Å²) in [6.07, 6.45) is 10.1. The van der Waals surface area contributed by atoms with Crippen molar-refractivity contribution in [3.63, 3.8) is 0 Å². The lowest BCUT2D eigenvalue weighted by atomic mass is 9.91. The molecule has 650 valence electrons. The number of allylic oxidation sites excluding steroid dienone is 2. The number of nitrogens with one attached hydrogen (secondary N) is 5. The Labute approximate surface area is 695 Å². The summed E-state index contributed by atoms with van der Waals surface area (Å²) in [5, 5.41) is 37.5. The maximum absolute atomic E-state index is 15.1. The van der Waals surface area contributed by atoms with Crippen molar-refractivity contribution in [1.29, 1.82) is 0 Å². The predicted molar refractivity (Wildman–Crippen MR) is 452 cm³/mol. The number of aromatic amines is 1. The van der Waals surface area contributed by atoms with E-state index >= 15 is 9.59 Å². The molecule has 1 saturated heterocycles. The molecule has 12 atom stereocenters. The predicted octanol–water partition coefficient (Wildman–Crippen LogP) is 8.05. The van der Waals surface area contributed by atoms with Gasteiger partial charge in [0.15, 0.2) is 0 Å². The maximum Gasteiger partial charge on any atom is 0.256 e. The number of carbonyl (C=O) groups is 12. The number of nitrogens with zero attached hydrogens (tertiary/aromatic N) is 12. The highest BCUT2D eigenvalue weighted by Gasteiger charge is 2.50. The summed E-state index contributed by atoms with van der Waals surface area (Å²) < 4.78 is 0. The van der Waals surface area contributed by atoms with E-state index in [0.717, 1.165) is 82.8 Å². The second kappa shape index (κ2) is 44.9. The first kappa shape index (κ1) is 98.1. The molecule has 2 aliphatic heterocycles. The van der Waals surface area contributed by atoms with Crippen LogP contribution in [0.25, 0.3) is 22.5 Å². The Kier molecular flexibility index (Phi) is 37.6. The zero-order valence-electron chi connectivity index (χ0n) is 74.5. The Morgan fingerprint density at radius 2 is 1.04 bits per heavy atom. The van der Waals surface area contributed by atoms with Gasteiger partial charge in [-0.2, -0.15) is 5.21 Å². The van der Waals surface area contributed by atoms with Crippen molar-refractivity contribution in [3.8, 4) is 22.5 Å². The van der Waals surface area contributed by atoms with Gasteiger partial charge in [-0.25, -0.2) is 0 Å². The third-order valence-electron chi connectivity index (χ3n) is 22.7. The van der Waals surface area contributed by atoms with E-state index in [9.17, 15) is 53.1 Å². The zero-order chi connectivity index (χ0) is 87.9. The molecule has 0 radical (unpaired) electrons. The van der Waals surface area contributed by atoms with E-state index in [4.69, 9.17) is 4.99 Å². The summed E-state index contributed by atoms with van der Waals surface area (Å²) in [7, 11) is 9.92. The van der Waals surface area contributed by atoms with Gasteiger partial charge in [-0.1, -0.05) is 184 Å². The van der Waals surface area contributed by atoms with Crippen LogP contribution in [-0.4, -0.2) is 270 Å². The average Bonchev–Trinajstić information content (AvgIpc) is 1.61. The Bertz CT molecular complexity index is 3910. The highest BCUT2D eigenvalue weighted by atomic mass is 16.3. The standard InChI is InChI=1S/C62H111N11O12.C25H28N6O/c1-25-27-28-40(15)52(75)51-56(79)65-43(26-2)58(81)67(18)33-48(74)68(19)44(29-34(3)4)55(78)66-49(38(11)12)61(84)69(20)45(30-35(5)6)54(77)63-41(16)53(76)64-42(17)57(80)70(21)46(31-36(7)8)59(82)71(22)47(32-37(9)10)60(83)72(23)50(39(13)14)62(85)73(51)24;1-2-3-10-22-26-25(15-6-7-16-25)24(32)31(22)17-18-11-13-19(14-12-18)20-8-4-5-9-21(20)23-27-29-30-28-23/h25,27,34-47,49-52,75H,26,28-33H2,1-24H3,(H,63,77)(H,64,76)(H,65,79)(H,66,78);4-5,8-9,11-14H,2-3,6-7,10,15-17H2,1H3,(H,27,28,29,30)/b27-25+;/t40-,41+,42-,43+,44+,45+,46+,47+,49+,50+,51+,52-;/m1./s1. The number of tetrazole rings is 1. The molecule has 6 rings (SSSR count). The third-order valence-corrected chi connectivity index (χ3v) is 22.7. The summed E-state index contributed by atoms with van der Waals surface area (Å²) in [6, 6.07) is 4.11. The SMILES string of the molecule is C/C=C/C[C@@H](C)[C@@H](O)[C@H]1C(=O)N[C@@H](CC)C(=O)N(C)CC(=O)N(C)[C@@H](CC(C)C)C(=O)N[C@@H](C(C)C)C(=O)N(C)[C@@H](CC(C)C)C(=O)N[C@@H](C)C(=O)N[C@H](C)C(=O)N(C)[C@@H](CC(C)C)C(=O)N(C)[C@@H](CC(C)C)C(=O)N(C)[C@@H](C(C)C)C(=O)N1C.CCCCC1=NC2(CCCC2)C(=O)N1Cc1ccc(-c2ccccc2-c2nn[nH]n2)cc1. The van der Waals surface area contributed by atoms with Gasteiger partial charge in [0.25, 0.3) is 5.91 Å². The van der Waals surface area contributed by atoms with Crippen LogP contribution in [0.3, 0.4) is 0 Å². The van der Waals surface area contributed by atoms with Gasteiger partial charge in [-0.15, -0.1) is 10.2 Å². The van der Waals surface area contributed by atoms with Crippen LogP contribution in [0.4, 0.5) is 0 Å². The molecule has 6 N–H and O–H groups in total. The fraction of sp³-hybridized carbons (Fsp3) is 0.678. The van der Waals surface area contributed by atoms with Crippen LogP contribution in [0.1, 0.15) is 214 Å². The molecule has 1 aliphatic carbocycles. The van der Waals surface area contributed by atoms with E-state index in [1.54, 1.807) is 54.5 Å². The molecule has 3 heterocycles. The summed E-state index contributed by atoms with van der Waals surface area (Å²) in [5.41, 5.74) is 3.69. The third kappa shape index (κ3) is 25.8. The highest BCUT2D eigenvalue weighted by Crippen LogP contribution is 2.41. The van der Waals surface area contributed by atoms with Gasteiger partial charge < -0.3 is 60.7 Å². The smallest absolute Gasteiger partial charge is 0.256 e. The second-order valence-corrected chi connectivity index (χ2v) is 34.8. The Morgan fingerprint density at radius 3 is 1.56 bits per heavy atom. The molecule has 3 aromatic rings. The van der Waals surface area contributed by atoms with Crippen LogP contribution >= 0.6 is 0 Å². The molecular formula is C87H139N17O13. The van der Waals surface area contributed by atoms with Crippen LogP contribution in [0, 0.1) is 41.4 Å². The molecule has 117 heavy (non-hydrogen) atoms. The van der Waals surface area contributed by atoms with Crippen LogP contribution in [0.15, 0.2) is 65.7 Å². The molecule has 1 aromatic heterocycles. The first-order valence-electron chi connectivity index (χ1n) is 42.1. The van der Waals surface area contributed by atoms with Crippen molar-refractivity contribution in [2.45, 2.75) is 287 Å². The normalized spacial score (nSPS) is 24.3. The summed E-state index contributed by atoms with van der Waals surface area (Å²) in [5.74, 6) is -7.95. The van der Waals surface area contributed by atoms with Crippen LogP contribution in [0.2, 0.25) is 0 Å². The largest absolute Gasteiger partial charge is 0.390 e. The van der Waals surface area contributed by atoms with Crippen LogP contribution in [-0.2, 0) is 64.1 Å². The molecule has 2 aromatic carbocycles. The molecule has 12 amide bonds. The van der Waals surface area contributed by atoms with E-state index in [2.05, 4.69) is 79.1 Å². The van der Waals surface area contributed by atoms with Gasteiger partial charge >= 0.3 is 0 Å². The number of rotatable bonds is 22. The number of amidine groups is 1. The summed E-state index contributed by atoms with van der Waals surface area (Å²) in [6.45, 7) is 32.1. The minimum Gasteiger partial charge on any atom is -0.390 e. The molecular weight excluding hydrogens is 1490 g/mol. The van der Waals surface area contributed by atoms with Crippen molar-refractivity contribution >= 4 is 76.7 Å². The highest BCUT2D eigenvalue weighted by molar-refractivity contribution is 6.08. The number of likely N-dealkylation sites (N-methyl/N-ethyl adjacent to an activating group) is 7. The van der Waals surface area contributed by atoms with E-state index in [0.29, 0.717) is 18.8 Å². The lowest BCUT2D eigenvalue weighted by Crippen LogP contribution is -2.63. The molecule has 30 heteroatoms. The molecule has 0 bridgehead atoms. The van der Waals surface area contributed by atoms with Crippen molar-refractivity contribution in [2.75, 3.05) is 55.9 Å². The monoisotopic (exact) mass is 1630 g/mol. The van der Waals surface area contributed by atoms with E-state index in [1.807, 2.05) is 84.6 Å². The summed E-state index contributed by atoms with van der Waals surface area (Å²) in [4.78, 5) is 189. The number of aliphatic imine (C=N–C) groups is 1. The lowest BCUT2D eigenvalue weighted by Gasteiger charge is -2.41. The number of carbonyl (C=O) groups excluding carboxylic acids is 12. The van der Waals surface area contributed by atoms with Gasteiger partial charge in [0.2, 0.25) is 70.8 Å². The summed E-state index contributed by atoms with van der Waals surface area (Å²) >= 11 is 0. The number of unbranched alkanes of at least 4 members (excludes halogenated alkanes) is 1. The number of benzene rings is 2. The van der Waals surface area contributed by atoms with Crippen LogP contribution < -0.4 is 21.3 Å². The van der Waals surface area contributed by atoms with E-state index in [-0.39, 0.29) is 61.7 Å². The van der Waals surface area contributed by atoms with Crippen molar-refractivity contribution in [1.82, 2.24) is 81.1 Å². The second-order valence-electron chi connectivity index (χ2n) is 34.8. The van der Waals surface area contributed by atoms with Gasteiger partial charge in [0.1, 0.15) is 71.8 Å². The van der Waals surface area contributed by atoms with E-state index in [1.165, 1.54) is 87.7 Å². The van der Waals surface area contributed by atoms with E-state index < -0.39 is 161 Å². The number of aromatic nitrogens is 4. The lowest BCUT2D eigenvalue weighted by molar-refractivity contribution is -0.157. The van der Waals surface area contributed by atoms with Gasteiger partial charge in [0, 0.05) is 61.3 Å². The first-order valence-corrected chi connectivity index (χ1v) is 42.1. The number of aliphatic hydroxyl groups is 1.